The maximum absolute atomic E-state index is 12.3. The molecular weight excluding hydrogens is 408 g/mol. The molecule has 5 N–H and O–H groups in total. The average Bonchev–Trinajstić information content (AvgIpc) is 2.49. The van der Waals surface area contributed by atoms with Crippen LogP contribution in [-0.4, -0.2) is 82.4 Å². The molecule has 0 bridgehead atoms. The van der Waals surface area contributed by atoms with Crippen LogP contribution >= 0.6 is 15.9 Å². The molecule has 0 aromatic heterocycles. The molecule has 2 unspecified atom stereocenters. The second kappa shape index (κ2) is 7.48. The van der Waals surface area contributed by atoms with Crippen LogP contribution < -0.4 is 0 Å². The van der Waals surface area contributed by atoms with Gasteiger partial charge in [-0.25, -0.2) is 0 Å². The summed E-state index contributed by atoms with van der Waals surface area (Å²) >= 11 is 2.19. The molecule has 0 saturated heterocycles. The first-order valence-corrected chi connectivity index (χ1v) is 7.64. The predicted octanol–water partition coefficient (Wildman–Crippen LogP) is -2.82. The Morgan fingerprint density at radius 2 is 1.16 bits per heavy atom. The summed E-state index contributed by atoms with van der Waals surface area (Å²) in [5.74, 6) is -6.92. The Morgan fingerprint density at radius 1 is 0.800 bits per heavy atom. The second-order valence-electron chi connectivity index (χ2n) is 5.62. The minimum absolute atomic E-state index is 0.500. The molecule has 0 aliphatic carbocycles. The molecule has 0 heterocycles. The fourth-order valence-corrected chi connectivity index (χ4v) is 2.91. The molecule has 0 amide bonds. The van der Waals surface area contributed by atoms with E-state index in [-0.39, 0.29) is 0 Å². The van der Waals surface area contributed by atoms with Crippen LogP contribution in [0.1, 0.15) is 27.7 Å². The van der Waals surface area contributed by atoms with Crippen LogP contribution in [0.2, 0.25) is 0 Å². The molecule has 0 aliphatic rings. The van der Waals surface area contributed by atoms with Gasteiger partial charge >= 0.3 is 0 Å². The van der Waals surface area contributed by atoms with Gasteiger partial charge in [-0.3, -0.25) is 24.0 Å². The number of carbonyl (C=O) groups excluding carboxylic acids is 5. The van der Waals surface area contributed by atoms with Crippen molar-refractivity contribution >= 4 is 43.8 Å². The zero-order valence-electron chi connectivity index (χ0n) is 13.8. The molecule has 0 aromatic rings. The van der Waals surface area contributed by atoms with E-state index in [1.54, 1.807) is 0 Å². The van der Waals surface area contributed by atoms with Crippen molar-refractivity contribution in [3.05, 3.63) is 0 Å². The lowest BCUT2D eigenvalue weighted by Gasteiger charge is -2.46. The third-order valence-corrected chi connectivity index (χ3v) is 4.52. The average molecular weight is 427 g/mol. The largest absolute Gasteiger partial charge is 0.390 e. The number of rotatable bonds is 9. The fourth-order valence-electron chi connectivity index (χ4n) is 2.35. The van der Waals surface area contributed by atoms with E-state index in [1.165, 1.54) is 0 Å². The standard InChI is InChI=1S/C14H19BrO10/c1-5(16)9(20)10(21)12(23,6(2)17)14(25,8(4)19)13(24,7(3)18)11(15)22/h5,9,16,20,23-25H,1-4H3/t5?,9?,12-,13-,14-/m0/s1. The smallest absolute Gasteiger partial charge is 0.240 e. The van der Waals surface area contributed by atoms with Crippen molar-refractivity contribution in [3.63, 3.8) is 0 Å². The summed E-state index contributed by atoms with van der Waals surface area (Å²) in [6.07, 6.45) is -4.35. The third-order valence-electron chi connectivity index (χ3n) is 3.94. The van der Waals surface area contributed by atoms with Gasteiger partial charge in [-0.1, -0.05) is 0 Å². The van der Waals surface area contributed by atoms with E-state index in [2.05, 4.69) is 15.9 Å². The topological polar surface area (TPSA) is 186 Å². The lowest BCUT2D eigenvalue weighted by molar-refractivity contribution is -0.224. The number of carbonyl (C=O) groups is 5. The van der Waals surface area contributed by atoms with Gasteiger partial charge < -0.3 is 25.5 Å². The number of ketones is 4. The van der Waals surface area contributed by atoms with Crippen LogP contribution in [0.5, 0.6) is 0 Å². The van der Waals surface area contributed by atoms with E-state index in [9.17, 15) is 49.5 Å². The van der Waals surface area contributed by atoms with Crippen LogP contribution in [-0.2, 0) is 24.0 Å². The van der Waals surface area contributed by atoms with E-state index >= 15 is 0 Å². The van der Waals surface area contributed by atoms with Crippen molar-refractivity contribution in [1.82, 2.24) is 0 Å². The van der Waals surface area contributed by atoms with Crippen LogP contribution in [0.15, 0.2) is 0 Å². The van der Waals surface area contributed by atoms with Crippen molar-refractivity contribution in [3.8, 4) is 0 Å². The monoisotopic (exact) mass is 426 g/mol. The van der Waals surface area contributed by atoms with E-state index in [0.29, 0.717) is 20.8 Å². The normalized spacial score (nSPS) is 21.0. The Hall–Kier alpha value is -1.37. The van der Waals surface area contributed by atoms with E-state index in [4.69, 9.17) is 0 Å². The van der Waals surface area contributed by atoms with E-state index < -0.39 is 56.8 Å². The maximum atomic E-state index is 12.3. The lowest BCUT2D eigenvalue weighted by Crippen LogP contribution is -2.80. The molecular formula is C14H19BrO10. The maximum Gasteiger partial charge on any atom is 0.240 e. The molecule has 0 saturated carbocycles. The summed E-state index contributed by atoms with van der Waals surface area (Å²) in [7, 11) is 0. The highest BCUT2D eigenvalue weighted by Gasteiger charge is 2.75. The van der Waals surface area contributed by atoms with Crippen LogP contribution in [0.25, 0.3) is 0 Å². The lowest BCUT2D eigenvalue weighted by atomic mass is 9.63. The van der Waals surface area contributed by atoms with Crippen LogP contribution in [0.3, 0.4) is 0 Å². The number of hydrogen-bond donors (Lipinski definition) is 5. The molecule has 0 aliphatic heterocycles. The highest BCUT2D eigenvalue weighted by Crippen LogP contribution is 2.39. The summed E-state index contributed by atoms with van der Waals surface area (Å²) in [5.41, 5.74) is -11.6. The number of hydrogen-bond acceptors (Lipinski definition) is 10. The summed E-state index contributed by atoms with van der Waals surface area (Å²) < 4.78 is -1.72. The minimum Gasteiger partial charge on any atom is -0.390 e. The van der Waals surface area contributed by atoms with Crippen molar-refractivity contribution in [2.45, 2.75) is 56.7 Å². The van der Waals surface area contributed by atoms with Crippen LogP contribution in [0, 0.1) is 0 Å². The van der Waals surface area contributed by atoms with Gasteiger partial charge in [0.05, 0.1) is 6.10 Å². The SMILES string of the molecule is CC(=O)[C@](O)(C(=O)Br)[C@](O)(C(C)=O)[C@](O)(C(C)=O)C(=O)C(O)C(C)O. The van der Waals surface area contributed by atoms with E-state index in [0.717, 1.165) is 6.92 Å². The highest BCUT2D eigenvalue weighted by molar-refractivity contribution is 9.18. The van der Waals surface area contributed by atoms with Crippen molar-refractivity contribution in [1.29, 1.82) is 0 Å². The Kier molecular flexibility index (Phi) is 7.07. The first-order chi connectivity index (χ1) is 11.0. The Labute approximate surface area is 150 Å². The first kappa shape index (κ1) is 23.6. The van der Waals surface area contributed by atoms with Gasteiger partial charge in [-0.05, 0) is 43.6 Å². The van der Waals surface area contributed by atoms with Gasteiger partial charge in [-0.15, -0.1) is 0 Å². The number of halogens is 1. The predicted molar refractivity (Wildman–Crippen MR) is 83.5 cm³/mol. The zero-order valence-corrected chi connectivity index (χ0v) is 15.4. The zero-order chi connectivity index (χ0) is 20.5. The van der Waals surface area contributed by atoms with Gasteiger partial charge in [0.2, 0.25) is 27.3 Å². The third kappa shape index (κ3) is 3.23. The minimum atomic E-state index is -3.98. The number of aliphatic hydroxyl groups is 5. The Balaban J connectivity index is 7.07. The van der Waals surface area contributed by atoms with E-state index in [1.807, 2.05) is 0 Å². The number of Topliss-reactive ketones (excluding diaryl/α,β-unsaturated/α-hetero) is 4. The molecule has 5 atom stereocenters. The quantitative estimate of drug-likeness (QED) is 0.190. The molecule has 142 valence electrons. The molecule has 0 radical (unpaired) electrons. The Morgan fingerprint density at radius 3 is 1.36 bits per heavy atom. The molecule has 10 nitrogen and oxygen atoms in total. The molecule has 0 spiro atoms. The fraction of sp³-hybridized carbons (Fsp3) is 0.643. The summed E-state index contributed by atoms with van der Waals surface area (Å²) in [6, 6.07) is 0. The van der Waals surface area contributed by atoms with Crippen molar-refractivity contribution in [2.75, 3.05) is 0 Å². The van der Waals surface area contributed by atoms with Crippen molar-refractivity contribution < 1.29 is 49.5 Å². The van der Waals surface area contributed by atoms with Gasteiger partial charge in [0.1, 0.15) is 6.10 Å². The molecule has 0 fully saturated rings. The molecule has 11 heteroatoms. The van der Waals surface area contributed by atoms with Gasteiger partial charge in [-0.2, -0.15) is 0 Å². The molecule has 0 rings (SSSR count). The number of aliphatic hydroxyl groups excluding tert-OH is 2. The Bertz CT molecular complexity index is 613. The first-order valence-electron chi connectivity index (χ1n) is 6.85. The summed E-state index contributed by atoms with van der Waals surface area (Å²) in [4.78, 5) is 59.9. The van der Waals surface area contributed by atoms with Gasteiger partial charge in [0.25, 0.3) is 0 Å². The second-order valence-corrected chi connectivity index (χ2v) is 6.34. The highest BCUT2D eigenvalue weighted by atomic mass is 79.9. The van der Waals surface area contributed by atoms with Gasteiger partial charge in [0, 0.05) is 0 Å². The molecule has 25 heavy (non-hydrogen) atoms. The summed E-state index contributed by atoms with van der Waals surface area (Å²) in [5, 5.41) is 50.6. The van der Waals surface area contributed by atoms with Gasteiger partial charge in [0.15, 0.2) is 17.3 Å². The van der Waals surface area contributed by atoms with Crippen molar-refractivity contribution in [2.24, 2.45) is 0 Å². The van der Waals surface area contributed by atoms with Crippen LogP contribution in [0.4, 0.5) is 0 Å². The molecule has 0 aromatic carbocycles. The summed E-state index contributed by atoms with van der Waals surface area (Å²) in [6.45, 7) is 2.46.